The molecule has 4 amide bonds. The number of carbonyl (C=O) groups excluding carboxylic acids is 4. The molecular weight excluding hydrogens is 548 g/mol. The van der Waals surface area contributed by atoms with Crippen LogP contribution in [0.3, 0.4) is 0 Å². The van der Waals surface area contributed by atoms with Gasteiger partial charge in [0.05, 0.1) is 11.4 Å². The second kappa shape index (κ2) is 13.6. The van der Waals surface area contributed by atoms with Crippen LogP contribution in [0, 0.1) is 6.92 Å². The third-order valence-corrected chi connectivity index (χ3v) is 5.98. The molecule has 16 nitrogen and oxygen atoms in total. The fourth-order valence-electron chi connectivity index (χ4n) is 3.76. The zero-order valence-electron chi connectivity index (χ0n) is 23.7. The van der Waals surface area contributed by atoms with Gasteiger partial charge in [0.25, 0.3) is 11.8 Å². The number of carboxylic acid groups (broad SMARTS) is 1. The van der Waals surface area contributed by atoms with E-state index in [0.29, 0.717) is 29.3 Å². The summed E-state index contributed by atoms with van der Waals surface area (Å²) in [6.07, 6.45) is 8.68. The Balaban J connectivity index is 0.000000337. The molecule has 0 aliphatic carbocycles. The molecule has 0 saturated heterocycles. The number of carboxylic acids is 1. The van der Waals surface area contributed by atoms with Crippen molar-refractivity contribution < 1.29 is 29.1 Å². The first-order valence-corrected chi connectivity index (χ1v) is 12.5. The number of nitrogens with zero attached hydrogens (tertiary/aromatic N) is 6. The Morgan fingerprint density at radius 1 is 0.881 bits per heavy atom. The number of aromatic nitrogens is 6. The monoisotopic (exact) mass is 580 g/mol. The van der Waals surface area contributed by atoms with Gasteiger partial charge in [0.15, 0.2) is 11.6 Å². The van der Waals surface area contributed by atoms with E-state index in [4.69, 9.17) is 5.11 Å². The average molecular weight is 581 g/mol. The molecule has 0 atom stereocenters. The minimum atomic E-state index is -1.02. The number of anilines is 3. The average Bonchev–Trinajstić information content (AvgIpc) is 3.67. The Labute approximate surface area is 240 Å². The van der Waals surface area contributed by atoms with Crippen LogP contribution >= 0.6 is 0 Å². The van der Waals surface area contributed by atoms with E-state index in [1.54, 1.807) is 59.5 Å². The minimum Gasteiger partial charge on any atom is -0.477 e. The van der Waals surface area contributed by atoms with Crippen molar-refractivity contribution in [2.45, 2.75) is 13.3 Å². The number of amides is 4. The molecule has 4 aromatic rings. The highest BCUT2D eigenvalue weighted by Gasteiger charge is 2.16. The van der Waals surface area contributed by atoms with Crippen LogP contribution in [0.25, 0.3) is 0 Å². The molecular formula is C26H32N10O6. The quantitative estimate of drug-likeness (QED) is 0.172. The first-order chi connectivity index (χ1) is 19.9. The Kier molecular flexibility index (Phi) is 10.00. The molecule has 4 aromatic heterocycles. The maximum Gasteiger partial charge on any atom is 0.352 e. The molecule has 0 spiro atoms. The fraction of sp³-hybridized carbons (Fsp3) is 0.269. The lowest BCUT2D eigenvalue weighted by molar-refractivity contribution is -0.116. The van der Waals surface area contributed by atoms with Crippen LogP contribution in [-0.4, -0.2) is 70.0 Å². The third kappa shape index (κ3) is 7.93. The lowest BCUT2D eigenvalue weighted by atomic mass is 10.3. The van der Waals surface area contributed by atoms with Crippen LogP contribution < -0.4 is 21.3 Å². The van der Waals surface area contributed by atoms with E-state index >= 15 is 0 Å². The van der Waals surface area contributed by atoms with Crippen LogP contribution in [0.15, 0.2) is 43.1 Å². The van der Waals surface area contributed by atoms with Gasteiger partial charge in [0, 0.05) is 72.1 Å². The fourth-order valence-corrected chi connectivity index (χ4v) is 3.76. The van der Waals surface area contributed by atoms with Crippen molar-refractivity contribution >= 4 is 47.3 Å². The predicted octanol–water partition coefficient (Wildman–Crippen LogP) is 1.10. The summed E-state index contributed by atoms with van der Waals surface area (Å²) in [7, 11) is 6.85. The van der Waals surface area contributed by atoms with Gasteiger partial charge in [-0.15, -0.1) is 0 Å². The van der Waals surface area contributed by atoms with Crippen LogP contribution in [0.2, 0.25) is 0 Å². The zero-order valence-corrected chi connectivity index (χ0v) is 23.7. The van der Waals surface area contributed by atoms with Gasteiger partial charge in [-0.3, -0.25) is 19.2 Å². The summed E-state index contributed by atoms with van der Waals surface area (Å²) < 4.78 is 6.43. The Morgan fingerprint density at radius 3 is 2.12 bits per heavy atom. The van der Waals surface area contributed by atoms with E-state index in [1.807, 2.05) is 14.0 Å². The maximum atomic E-state index is 12.4. The summed E-state index contributed by atoms with van der Waals surface area (Å²) in [5.74, 6) is -0.466. The molecule has 0 saturated carbocycles. The van der Waals surface area contributed by atoms with E-state index < -0.39 is 5.97 Å². The van der Waals surface area contributed by atoms with Gasteiger partial charge >= 0.3 is 5.97 Å². The van der Waals surface area contributed by atoms with E-state index in [2.05, 4.69) is 31.2 Å². The highest BCUT2D eigenvalue weighted by molar-refractivity contribution is 6.03. The van der Waals surface area contributed by atoms with Crippen LogP contribution in [0.1, 0.15) is 43.8 Å². The molecule has 0 aromatic carbocycles. The first-order valence-electron chi connectivity index (χ1n) is 12.5. The summed E-state index contributed by atoms with van der Waals surface area (Å²) in [6, 6.07) is 2.95. The molecule has 5 N–H and O–H groups in total. The zero-order chi connectivity index (χ0) is 31.0. The van der Waals surface area contributed by atoms with Crippen LogP contribution in [-0.2, 0) is 37.8 Å². The van der Waals surface area contributed by atoms with Crippen molar-refractivity contribution in [3.8, 4) is 0 Å². The van der Waals surface area contributed by atoms with E-state index in [-0.39, 0.29) is 42.2 Å². The molecule has 0 bridgehead atoms. The molecule has 4 rings (SSSR count). The maximum absolute atomic E-state index is 12.4. The van der Waals surface area contributed by atoms with Gasteiger partial charge in [-0.25, -0.2) is 14.8 Å². The van der Waals surface area contributed by atoms with Crippen molar-refractivity contribution in [3.05, 3.63) is 66.2 Å². The third-order valence-electron chi connectivity index (χ3n) is 5.98. The molecule has 0 unspecified atom stereocenters. The smallest absolute Gasteiger partial charge is 0.352 e. The van der Waals surface area contributed by atoms with Gasteiger partial charge in [-0.1, -0.05) is 0 Å². The summed E-state index contributed by atoms with van der Waals surface area (Å²) in [5.41, 5.74) is 1.44. The molecule has 0 aliphatic rings. The van der Waals surface area contributed by atoms with Gasteiger partial charge in [-0.2, -0.15) is 0 Å². The Morgan fingerprint density at radius 2 is 1.55 bits per heavy atom. The Hall–Kier alpha value is -5.67. The van der Waals surface area contributed by atoms with E-state index in [9.17, 15) is 24.0 Å². The second-order valence-corrected chi connectivity index (χ2v) is 9.17. The molecule has 0 aliphatic heterocycles. The van der Waals surface area contributed by atoms with Gasteiger partial charge in [0.1, 0.15) is 17.2 Å². The van der Waals surface area contributed by atoms with Crippen LogP contribution in [0.4, 0.5) is 17.2 Å². The number of imidazole rings is 2. The topological polar surface area (TPSA) is 199 Å². The molecule has 0 fully saturated rings. The van der Waals surface area contributed by atoms with Crippen molar-refractivity contribution in [1.29, 1.82) is 0 Å². The largest absolute Gasteiger partial charge is 0.477 e. The van der Waals surface area contributed by atoms with Gasteiger partial charge in [-0.05, 0) is 19.1 Å². The summed E-state index contributed by atoms with van der Waals surface area (Å²) in [6.45, 7) is 2.00. The summed E-state index contributed by atoms with van der Waals surface area (Å²) >= 11 is 0. The molecule has 0 radical (unpaired) electrons. The summed E-state index contributed by atoms with van der Waals surface area (Å²) in [4.78, 5) is 65.4. The highest BCUT2D eigenvalue weighted by atomic mass is 16.4. The molecule has 16 heteroatoms. The Bertz CT molecular complexity index is 1590. The number of hydrogen-bond donors (Lipinski definition) is 5. The number of aryl methyl sites for hydroxylation is 5. The van der Waals surface area contributed by atoms with Crippen molar-refractivity contribution in [3.63, 3.8) is 0 Å². The second-order valence-electron chi connectivity index (χ2n) is 9.17. The predicted molar refractivity (Wildman–Crippen MR) is 152 cm³/mol. The number of rotatable bonds is 10. The lowest BCUT2D eigenvalue weighted by Crippen LogP contribution is -2.29. The summed E-state index contributed by atoms with van der Waals surface area (Å²) in [5, 5.41) is 19.1. The van der Waals surface area contributed by atoms with E-state index in [1.165, 1.54) is 23.0 Å². The minimum absolute atomic E-state index is 0.106. The molecule has 42 heavy (non-hydrogen) atoms. The first kappa shape index (κ1) is 30.9. The van der Waals surface area contributed by atoms with Gasteiger partial charge in [0.2, 0.25) is 12.3 Å². The van der Waals surface area contributed by atoms with Gasteiger partial charge < -0.3 is 44.6 Å². The van der Waals surface area contributed by atoms with E-state index in [0.717, 1.165) is 5.82 Å². The standard InChI is InChI=1S/C19H24N8O3.C7H8N2O3/c1-12-22-15(11-26(12)3)24-16(28)5-6-21-18(29)14-9-13(10-27(14)4)23-19(30)17-20-7-8-25(17)2;1-9-3-5(8-4-10)2-6(9)7(11)12/h7-11H,5-6H2,1-4H3,(H,21,29)(H,23,30)(H,24,28);2-4H,1H3,(H,8,10)(H,11,12). The molecule has 222 valence electrons. The van der Waals surface area contributed by atoms with Crippen molar-refractivity contribution in [1.82, 2.24) is 33.6 Å². The molecule has 4 heterocycles. The number of aromatic carboxylic acids is 1. The SMILES string of the molecule is Cc1nc(NC(=O)CCNC(=O)c2cc(NC(=O)c3nccn3C)cn2C)cn1C.Cn1cc(NC=O)cc1C(=O)O. The number of nitrogens with one attached hydrogen (secondary N) is 4. The highest BCUT2D eigenvalue weighted by Crippen LogP contribution is 2.14. The lowest BCUT2D eigenvalue weighted by Gasteiger charge is -2.06. The van der Waals surface area contributed by atoms with Crippen molar-refractivity contribution in [2.24, 2.45) is 28.2 Å². The number of hydrogen-bond acceptors (Lipinski definition) is 7. The normalized spacial score (nSPS) is 10.3. The van der Waals surface area contributed by atoms with Crippen molar-refractivity contribution in [2.75, 3.05) is 22.5 Å². The van der Waals surface area contributed by atoms with Crippen LogP contribution in [0.5, 0.6) is 0 Å². The number of carbonyl (C=O) groups is 5.